The van der Waals surface area contributed by atoms with Gasteiger partial charge in [-0.1, -0.05) is 182 Å². The van der Waals surface area contributed by atoms with Crippen LogP contribution in [0.25, 0.3) is 88.3 Å². The zero-order chi connectivity index (χ0) is 39.8. The molecule has 0 spiro atoms. The van der Waals surface area contributed by atoms with Crippen LogP contribution in [0.1, 0.15) is 0 Å². The minimum Gasteiger partial charge on any atom is -0.456 e. The average Bonchev–Trinajstić information content (AvgIpc) is 3.77. The average molecular weight is 766 g/mol. The number of hydrogen-bond acceptors (Lipinski definition) is 2. The second-order valence-corrected chi connectivity index (χ2v) is 15.3. The van der Waals surface area contributed by atoms with Crippen LogP contribution >= 0.6 is 0 Å². The Morgan fingerprint density at radius 1 is 0.283 bits per heavy atom. The van der Waals surface area contributed by atoms with Crippen molar-refractivity contribution in [3.05, 3.63) is 237 Å². The number of furan rings is 1. The van der Waals surface area contributed by atoms with Crippen LogP contribution in [0, 0.1) is 0 Å². The Kier molecular flexibility index (Phi) is 8.87. The zero-order valence-electron chi connectivity index (χ0n) is 32.9. The van der Waals surface area contributed by atoms with Crippen LogP contribution in [-0.2, 0) is 0 Å². The Hall–Kier alpha value is -7.94. The summed E-state index contributed by atoms with van der Waals surface area (Å²) >= 11 is 0. The van der Waals surface area contributed by atoms with Gasteiger partial charge in [-0.15, -0.1) is 0 Å². The van der Waals surface area contributed by atoms with E-state index in [2.05, 4.69) is 229 Å². The second kappa shape index (κ2) is 15.1. The molecule has 0 saturated carbocycles. The lowest BCUT2D eigenvalue weighted by atomic mass is 9.89. The van der Waals surface area contributed by atoms with E-state index in [-0.39, 0.29) is 0 Å². The number of hydrogen-bond donors (Lipinski definition) is 0. The van der Waals surface area contributed by atoms with E-state index in [9.17, 15) is 0 Å². The zero-order valence-corrected chi connectivity index (χ0v) is 32.9. The Labute approximate surface area is 349 Å². The number of nitrogens with zero attached hydrogens (tertiary/aromatic N) is 1. The summed E-state index contributed by atoms with van der Waals surface area (Å²) in [6.45, 7) is 0. The van der Waals surface area contributed by atoms with Gasteiger partial charge in [0.2, 0.25) is 0 Å². The first kappa shape index (κ1) is 35.2. The lowest BCUT2D eigenvalue weighted by Crippen LogP contribution is -2.11. The number of anilines is 3. The lowest BCUT2D eigenvalue weighted by Gasteiger charge is -2.28. The highest BCUT2D eigenvalue weighted by molar-refractivity contribution is 6.08. The summed E-state index contributed by atoms with van der Waals surface area (Å²) < 4.78 is 6.50. The van der Waals surface area contributed by atoms with Crippen LogP contribution in [0.2, 0.25) is 0 Å². The predicted octanol–water partition coefficient (Wildman–Crippen LogP) is 16.5. The van der Waals surface area contributed by atoms with Crippen molar-refractivity contribution in [3.8, 4) is 55.8 Å². The van der Waals surface area contributed by atoms with Gasteiger partial charge in [-0.05, 0) is 121 Å². The number of rotatable bonds is 8. The van der Waals surface area contributed by atoms with E-state index >= 15 is 0 Å². The van der Waals surface area contributed by atoms with Crippen molar-refractivity contribution in [2.45, 2.75) is 0 Å². The molecule has 0 aliphatic carbocycles. The molecule has 0 unspecified atom stereocenters. The molecule has 1 aromatic heterocycles. The minimum atomic E-state index is 0.833. The lowest BCUT2D eigenvalue weighted by molar-refractivity contribution is 0.631. The highest BCUT2D eigenvalue weighted by Crippen LogP contribution is 2.44. The van der Waals surface area contributed by atoms with E-state index in [0.717, 1.165) is 44.9 Å². The first-order valence-corrected chi connectivity index (χ1v) is 20.5. The molecule has 0 radical (unpaired) electrons. The molecule has 0 fully saturated rings. The van der Waals surface area contributed by atoms with Gasteiger partial charge in [0.1, 0.15) is 11.3 Å². The van der Waals surface area contributed by atoms with Gasteiger partial charge in [0.25, 0.3) is 0 Å². The van der Waals surface area contributed by atoms with Crippen molar-refractivity contribution in [1.29, 1.82) is 0 Å². The summed E-state index contributed by atoms with van der Waals surface area (Å²) in [6.07, 6.45) is 0. The van der Waals surface area contributed by atoms with Crippen LogP contribution in [0.3, 0.4) is 0 Å². The SMILES string of the molecule is c1ccc(-c2ccccc2-c2ccccc2-c2ccc(N(c3ccc(-c4ccc5c(ccc6ccccc65)c4)cc3)c3ccccc3-c3cc4ccccc4o3)cc2)cc1. The number of para-hydroxylation sites is 2. The van der Waals surface area contributed by atoms with Gasteiger partial charge in [0.05, 0.1) is 5.69 Å². The summed E-state index contributed by atoms with van der Waals surface area (Å²) in [6, 6.07) is 84.8. The van der Waals surface area contributed by atoms with Gasteiger partial charge in [0, 0.05) is 22.3 Å². The maximum absolute atomic E-state index is 6.50. The van der Waals surface area contributed by atoms with E-state index in [1.54, 1.807) is 0 Å². The fraction of sp³-hybridized carbons (Fsp3) is 0. The molecule has 0 N–H and O–H groups in total. The summed E-state index contributed by atoms with van der Waals surface area (Å²) in [4.78, 5) is 2.35. The van der Waals surface area contributed by atoms with Gasteiger partial charge in [-0.3, -0.25) is 0 Å². The maximum Gasteiger partial charge on any atom is 0.137 e. The summed E-state index contributed by atoms with van der Waals surface area (Å²) in [5.41, 5.74) is 14.6. The first-order valence-electron chi connectivity index (χ1n) is 20.5. The number of benzene rings is 10. The molecule has 11 aromatic rings. The molecule has 0 aliphatic heterocycles. The standard InChI is InChI=1S/C58H39NO/c1-2-14-41(15-3-1)50-19-7-9-21-53(50)54-22-10-8-20-51(54)43-30-35-48(36-31-43)59(56-24-12-11-23-55(56)58-39-46-17-5-13-25-57(46)60-58)47-33-28-40(29-34-47)44-32-37-52-45(38-44)27-26-42-16-4-6-18-49(42)52/h1-39H. The molecule has 60 heavy (non-hydrogen) atoms. The molecule has 0 bridgehead atoms. The van der Waals surface area contributed by atoms with Crippen molar-refractivity contribution in [1.82, 2.24) is 0 Å². The molecule has 11 rings (SSSR count). The Morgan fingerprint density at radius 2 is 0.783 bits per heavy atom. The third-order valence-electron chi connectivity index (χ3n) is 11.7. The number of fused-ring (bicyclic) bond motifs is 4. The Balaban J connectivity index is 1.01. The van der Waals surface area contributed by atoms with Crippen molar-refractivity contribution in [2.75, 3.05) is 4.90 Å². The molecule has 10 aromatic carbocycles. The first-order chi connectivity index (χ1) is 29.7. The fourth-order valence-electron chi connectivity index (χ4n) is 8.76. The smallest absolute Gasteiger partial charge is 0.137 e. The second-order valence-electron chi connectivity index (χ2n) is 15.3. The van der Waals surface area contributed by atoms with E-state index in [1.807, 2.05) is 12.1 Å². The van der Waals surface area contributed by atoms with Gasteiger partial charge >= 0.3 is 0 Å². The molecule has 0 aliphatic rings. The molecule has 0 amide bonds. The molecule has 0 saturated heterocycles. The Morgan fingerprint density at radius 3 is 1.48 bits per heavy atom. The van der Waals surface area contributed by atoms with Gasteiger partial charge < -0.3 is 9.32 Å². The molecule has 2 heteroatoms. The van der Waals surface area contributed by atoms with Crippen LogP contribution in [0.5, 0.6) is 0 Å². The van der Waals surface area contributed by atoms with Crippen molar-refractivity contribution in [3.63, 3.8) is 0 Å². The van der Waals surface area contributed by atoms with Gasteiger partial charge in [-0.2, -0.15) is 0 Å². The van der Waals surface area contributed by atoms with Gasteiger partial charge in [0.15, 0.2) is 0 Å². The monoisotopic (exact) mass is 765 g/mol. The van der Waals surface area contributed by atoms with E-state index < -0.39 is 0 Å². The highest BCUT2D eigenvalue weighted by atomic mass is 16.3. The molecule has 0 atom stereocenters. The van der Waals surface area contributed by atoms with Crippen molar-refractivity contribution < 1.29 is 4.42 Å². The third-order valence-corrected chi connectivity index (χ3v) is 11.7. The fourth-order valence-corrected chi connectivity index (χ4v) is 8.76. The van der Waals surface area contributed by atoms with Crippen LogP contribution in [0.4, 0.5) is 17.1 Å². The van der Waals surface area contributed by atoms with E-state index in [4.69, 9.17) is 4.42 Å². The highest BCUT2D eigenvalue weighted by Gasteiger charge is 2.20. The molecular formula is C58H39NO. The molecule has 2 nitrogen and oxygen atoms in total. The van der Waals surface area contributed by atoms with E-state index in [0.29, 0.717) is 0 Å². The largest absolute Gasteiger partial charge is 0.456 e. The van der Waals surface area contributed by atoms with Crippen LogP contribution in [0.15, 0.2) is 241 Å². The minimum absolute atomic E-state index is 0.833. The normalized spacial score (nSPS) is 11.3. The summed E-state index contributed by atoms with van der Waals surface area (Å²) in [5.74, 6) is 0.833. The summed E-state index contributed by atoms with van der Waals surface area (Å²) in [7, 11) is 0. The van der Waals surface area contributed by atoms with E-state index in [1.165, 1.54) is 60.5 Å². The van der Waals surface area contributed by atoms with Gasteiger partial charge in [-0.25, -0.2) is 0 Å². The molecule has 1 heterocycles. The van der Waals surface area contributed by atoms with Crippen molar-refractivity contribution >= 4 is 49.6 Å². The summed E-state index contributed by atoms with van der Waals surface area (Å²) in [5, 5.41) is 6.13. The van der Waals surface area contributed by atoms with Crippen LogP contribution < -0.4 is 4.90 Å². The quantitative estimate of drug-likeness (QED) is 0.143. The molecular weight excluding hydrogens is 727 g/mol. The third kappa shape index (κ3) is 6.41. The maximum atomic E-state index is 6.50. The predicted molar refractivity (Wildman–Crippen MR) is 253 cm³/mol. The van der Waals surface area contributed by atoms with Crippen LogP contribution in [-0.4, -0.2) is 0 Å². The molecule has 282 valence electrons. The topological polar surface area (TPSA) is 16.4 Å². The van der Waals surface area contributed by atoms with Crippen molar-refractivity contribution in [2.24, 2.45) is 0 Å². The Bertz CT molecular complexity index is 3270.